The van der Waals surface area contributed by atoms with Gasteiger partial charge in [-0.25, -0.2) is 0 Å². The van der Waals surface area contributed by atoms with Gasteiger partial charge in [-0.05, 0) is 42.9 Å². The van der Waals surface area contributed by atoms with Crippen molar-refractivity contribution in [1.82, 2.24) is 0 Å². The van der Waals surface area contributed by atoms with E-state index in [-0.39, 0.29) is 0 Å². The van der Waals surface area contributed by atoms with Crippen LogP contribution in [0.15, 0.2) is 0 Å². The van der Waals surface area contributed by atoms with Gasteiger partial charge in [-0.1, -0.05) is 33.1 Å². The van der Waals surface area contributed by atoms with Gasteiger partial charge in [0.05, 0.1) is 0 Å². The summed E-state index contributed by atoms with van der Waals surface area (Å²) in [5, 5.41) is 0. The first-order valence-corrected chi connectivity index (χ1v) is 5.79. The van der Waals surface area contributed by atoms with Gasteiger partial charge < -0.3 is 0 Å². The zero-order valence-corrected chi connectivity index (χ0v) is 8.60. The largest absolute Gasteiger partial charge is 0.0654 e. The molecule has 0 nitrogen and oxygen atoms in total. The molecule has 2 saturated carbocycles. The minimum Gasteiger partial charge on any atom is -0.0654 e. The van der Waals surface area contributed by atoms with Crippen molar-refractivity contribution in [3.8, 4) is 0 Å². The first-order chi connectivity index (χ1) is 5.79. The highest BCUT2D eigenvalue weighted by molar-refractivity contribution is 5.02. The van der Waals surface area contributed by atoms with E-state index >= 15 is 0 Å². The molecule has 2 atom stereocenters. The zero-order chi connectivity index (χ0) is 8.60. The van der Waals surface area contributed by atoms with E-state index in [0.717, 1.165) is 5.41 Å². The highest BCUT2D eigenvalue weighted by atomic mass is 14.6. The van der Waals surface area contributed by atoms with Crippen molar-refractivity contribution in [1.29, 1.82) is 0 Å². The lowest BCUT2D eigenvalue weighted by Gasteiger charge is -2.29. The molecule has 2 fully saturated rings. The molecule has 12 heavy (non-hydrogen) atoms. The Bertz CT molecular complexity index is 149. The van der Waals surface area contributed by atoms with Crippen LogP contribution in [0.25, 0.3) is 0 Å². The number of hydrogen-bond donors (Lipinski definition) is 0. The van der Waals surface area contributed by atoms with Crippen molar-refractivity contribution < 1.29 is 0 Å². The fourth-order valence-electron chi connectivity index (χ4n) is 3.23. The molecule has 0 aromatic heterocycles. The Kier molecular flexibility index (Phi) is 2.18. The van der Waals surface area contributed by atoms with E-state index < -0.39 is 0 Å². The Labute approximate surface area is 76.7 Å². The van der Waals surface area contributed by atoms with Crippen LogP contribution in [0.2, 0.25) is 0 Å². The maximum atomic E-state index is 2.40. The molecule has 70 valence electrons. The molecule has 0 aromatic rings. The SMILES string of the molecule is CCCCC1(CC)CC2CC2C1. The van der Waals surface area contributed by atoms with Crippen LogP contribution in [0.3, 0.4) is 0 Å². The van der Waals surface area contributed by atoms with Gasteiger partial charge in [-0.3, -0.25) is 0 Å². The predicted octanol–water partition coefficient (Wildman–Crippen LogP) is 4.00. The van der Waals surface area contributed by atoms with Gasteiger partial charge >= 0.3 is 0 Å². The Balaban J connectivity index is 1.87. The van der Waals surface area contributed by atoms with Gasteiger partial charge in [0.1, 0.15) is 0 Å². The molecule has 2 unspecified atom stereocenters. The molecule has 0 amide bonds. The average Bonchev–Trinajstić information content (AvgIpc) is 2.72. The van der Waals surface area contributed by atoms with Crippen molar-refractivity contribution in [2.75, 3.05) is 0 Å². The van der Waals surface area contributed by atoms with Crippen molar-refractivity contribution in [3.63, 3.8) is 0 Å². The number of rotatable bonds is 4. The molecule has 0 aromatic carbocycles. The van der Waals surface area contributed by atoms with Crippen molar-refractivity contribution in [2.24, 2.45) is 17.3 Å². The summed E-state index contributed by atoms with van der Waals surface area (Å²) >= 11 is 0. The Morgan fingerprint density at radius 2 is 1.83 bits per heavy atom. The van der Waals surface area contributed by atoms with Crippen molar-refractivity contribution in [2.45, 2.75) is 58.8 Å². The van der Waals surface area contributed by atoms with Gasteiger partial charge in [0.25, 0.3) is 0 Å². The maximum Gasteiger partial charge on any atom is -0.0295 e. The highest BCUT2D eigenvalue weighted by Crippen LogP contribution is 2.62. The van der Waals surface area contributed by atoms with E-state index in [1.807, 2.05) is 0 Å². The van der Waals surface area contributed by atoms with Crippen LogP contribution in [-0.2, 0) is 0 Å². The first-order valence-electron chi connectivity index (χ1n) is 5.79. The average molecular weight is 166 g/mol. The fourth-order valence-corrected chi connectivity index (χ4v) is 3.23. The summed E-state index contributed by atoms with van der Waals surface area (Å²) in [5.74, 6) is 2.34. The summed E-state index contributed by atoms with van der Waals surface area (Å²) in [5.41, 5.74) is 0.809. The summed E-state index contributed by atoms with van der Waals surface area (Å²) in [7, 11) is 0. The van der Waals surface area contributed by atoms with Crippen molar-refractivity contribution in [3.05, 3.63) is 0 Å². The van der Waals surface area contributed by atoms with Gasteiger partial charge in [-0.2, -0.15) is 0 Å². The van der Waals surface area contributed by atoms with Crippen LogP contribution in [0, 0.1) is 17.3 Å². The molecule has 2 rings (SSSR count). The van der Waals surface area contributed by atoms with Gasteiger partial charge in [0, 0.05) is 0 Å². The van der Waals surface area contributed by atoms with Crippen LogP contribution in [0.5, 0.6) is 0 Å². The summed E-state index contributed by atoms with van der Waals surface area (Å²) < 4.78 is 0. The second-order valence-electron chi connectivity index (χ2n) is 5.12. The fraction of sp³-hybridized carbons (Fsp3) is 1.00. The molecule has 0 bridgehead atoms. The minimum absolute atomic E-state index is 0.809. The molecule has 2 aliphatic carbocycles. The van der Waals surface area contributed by atoms with Crippen molar-refractivity contribution >= 4 is 0 Å². The quantitative estimate of drug-likeness (QED) is 0.592. The van der Waals surface area contributed by atoms with E-state index in [2.05, 4.69) is 13.8 Å². The smallest absolute Gasteiger partial charge is 0.0295 e. The predicted molar refractivity (Wildman–Crippen MR) is 53.1 cm³/mol. The summed E-state index contributed by atoms with van der Waals surface area (Å²) in [6.45, 7) is 4.72. The van der Waals surface area contributed by atoms with E-state index in [4.69, 9.17) is 0 Å². The summed E-state index contributed by atoms with van der Waals surface area (Å²) in [6.07, 6.45) is 10.5. The normalized spacial score (nSPS) is 44.5. The zero-order valence-electron chi connectivity index (χ0n) is 8.60. The second kappa shape index (κ2) is 3.05. The number of fused-ring (bicyclic) bond motifs is 1. The number of unbranched alkanes of at least 4 members (excludes halogenated alkanes) is 1. The lowest BCUT2D eigenvalue weighted by atomic mass is 9.76. The Morgan fingerprint density at radius 3 is 2.33 bits per heavy atom. The van der Waals surface area contributed by atoms with E-state index in [1.54, 1.807) is 19.3 Å². The Morgan fingerprint density at radius 1 is 1.17 bits per heavy atom. The highest BCUT2D eigenvalue weighted by Gasteiger charge is 2.52. The summed E-state index contributed by atoms with van der Waals surface area (Å²) in [4.78, 5) is 0. The Hall–Kier alpha value is 0. The molecule has 0 spiro atoms. The van der Waals surface area contributed by atoms with E-state index in [1.165, 1.54) is 37.5 Å². The first kappa shape index (κ1) is 8.59. The standard InChI is InChI=1S/C12H22/c1-3-5-6-12(4-2)8-10-7-11(10)9-12/h10-11H,3-9H2,1-2H3. The third-order valence-corrected chi connectivity index (χ3v) is 4.27. The van der Waals surface area contributed by atoms with Gasteiger partial charge in [-0.15, -0.1) is 0 Å². The second-order valence-corrected chi connectivity index (χ2v) is 5.12. The number of hydrogen-bond acceptors (Lipinski definition) is 0. The molecular formula is C12H22. The van der Waals surface area contributed by atoms with Crippen LogP contribution in [0.4, 0.5) is 0 Å². The third-order valence-electron chi connectivity index (χ3n) is 4.27. The molecule has 0 radical (unpaired) electrons. The molecule has 2 aliphatic rings. The topological polar surface area (TPSA) is 0 Å². The van der Waals surface area contributed by atoms with E-state index in [9.17, 15) is 0 Å². The lowest BCUT2D eigenvalue weighted by molar-refractivity contribution is 0.224. The van der Waals surface area contributed by atoms with Gasteiger partial charge in [0.2, 0.25) is 0 Å². The molecule has 0 heteroatoms. The molecular weight excluding hydrogens is 144 g/mol. The third kappa shape index (κ3) is 1.41. The molecule has 0 aliphatic heterocycles. The molecule has 0 saturated heterocycles. The van der Waals surface area contributed by atoms with Gasteiger partial charge in [0.15, 0.2) is 0 Å². The molecule has 0 heterocycles. The summed E-state index contributed by atoms with van der Waals surface area (Å²) in [6, 6.07) is 0. The minimum atomic E-state index is 0.809. The van der Waals surface area contributed by atoms with Crippen LogP contribution in [0.1, 0.15) is 58.8 Å². The maximum absolute atomic E-state index is 2.40. The van der Waals surface area contributed by atoms with Crippen LogP contribution >= 0.6 is 0 Å². The van der Waals surface area contributed by atoms with E-state index in [0.29, 0.717) is 0 Å². The monoisotopic (exact) mass is 166 g/mol. The molecule has 0 N–H and O–H groups in total. The lowest BCUT2D eigenvalue weighted by Crippen LogP contribution is -2.17. The van der Waals surface area contributed by atoms with Crippen LogP contribution in [-0.4, -0.2) is 0 Å². The van der Waals surface area contributed by atoms with Crippen LogP contribution < -0.4 is 0 Å².